The molecule has 0 radical (unpaired) electrons. The molecule has 0 spiro atoms. The number of nitrogens with zero attached hydrogens (tertiary/aromatic N) is 4. The normalized spacial score (nSPS) is 12.2. The van der Waals surface area contributed by atoms with Crippen molar-refractivity contribution in [2.45, 2.75) is 5.03 Å². The lowest BCUT2D eigenvalue weighted by Crippen LogP contribution is -2.05. The summed E-state index contributed by atoms with van der Waals surface area (Å²) in [7, 11) is -2.33. The van der Waals surface area contributed by atoms with Gasteiger partial charge in [-0.3, -0.25) is 4.68 Å². The van der Waals surface area contributed by atoms with Gasteiger partial charge in [-0.2, -0.15) is 10.4 Å². The van der Waals surface area contributed by atoms with E-state index >= 15 is 0 Å². The molecule has 2 heterocycles. The number of sulfone groups is 1. The average Bonchev–Trinajstić information content (AvgIpc) is 2.75. The van der Waals surface area contributed by atoms with Crippen molar-refractivity contribution in [1.82, 2.24) is 14.8 Å². The van der Waals surface area contributed by atoms with Crippen LogP contribution in [0.5, 0.6) is 0 Å². The number of nitriles is 1. The number of pyridine rings is 1. The average molecular weight is 309 g/mol. The summed E-state index contributed by atoms with van der Waals surface area (Å²) in [6.45, 7) is 0. The molecule has 0 N–H and O–H groups in total. The predicted molar refractivity (Wildman–Crippen MR) is 73.2 cm³/mol. The van der Waals surface area contributed by atoms with E-state index in [1.165, 1.54) is 29.2 Å². The number of hydrogen-bond acceptors (Lipinski definition) is 5. The summed E-state index contributed by atoms with van der Waals surface area (Å²) in [6.07, 6.45) is 3.98. The number of hydrogen-bond donors (Lipinski definition) is 0. The third-order valence-electron chi connectivity index (χ3n) is 2.39. The van der Waals surface area contributed by atoms with E-state index in [-0.39, 0.29) is 15.7 Å². The zero-order valence-electron chi connectivity index (χ0n) is 10.4. The molecule has 0 atom stereocenters. The summed E-state index contributed by atoms with van der Waals surface area (Å²) >= 11 is 5.89. The van der Waals surface area contributed by atoms with Gasteiger partial charge in [0.2, 0.25) is 9.84 Å². The van der Waals surface area contributed by atoms with Crippen LogP contribution in [-0.2, 0) is 16.9 Å². The van der Waals surface area contributed by atoms with Gasteiger partial charge in [-0.15, -0.1) is 0 Å². The highest BCUT2D eigenvalue weighted by Crippen LogP contribution is 2.22. The van der Waals surface area contributed by atoms with Crippen LogP contribution in [0.3, 0.4) is 0 Å². The Morgan fingerprint density at radius 3 is 2.75 bits per heavy atom. The SMILES string of the molecule is Cn1cc(Cl)c(C=C(C#N)S(=O)(=O)c2ccccn2)n1. The Balaban J connectivity index is 2.54. The van der Waals surface area contributed by atoms with Gasteiger partial charge in [0, 0.05) is 19.4 Å². The van der Waals surface area contributed by atoms with Crippen LogP contribution < -0.4 is 0 Å². The van der Waals surface area contributed by atoms with Crippen LogP contribution in [0.2, 0.25) is 5.02 Å². The molecule has 2 rings (SSSR count). The molecule has 102 valence electrons. The van der Waals surface area contributed by atoms with Gasteiger partial charge in [0.25, 0.3) is 0 Å². The molecule has 2 aromatic rings. The maximum atomic E-state index is 12.3. The number of halogens is 1. The third-order valence-corrected chi connectivity index (χ3v) is 4.26. The lowest BCUT2D eigenvalue weighted by atomic mass is 10.4. The smallest absolute Gasteiger partial charge is 0.233 e. The summed E-state index contributed by atoms with van der Waals surface area (Å²) in [5, 5.41) is 13.1. The first-order valence-corrected chi connectivity index (χ1v) is 7.28. The molecule has 0 fully saturated rings. The van der Waals surface area contributed by atoms with Crippen molar-refractivity contribution < 1.29 is 8.42 Å². The Morgan fingerprint density at radius 2 is 2.25 bits per heavy atom. The van der Waals surface area contributed by atoms with Crippen molar-refractivity contribution in [2.75, 3.05) is 0 Å². The first-order chi connectivity index (χ1) is 9.45. The molecule has 6 nitrogen and oxygen atoms in total. The van der Waals surface area contributed by atoms with Gasteiger partial charge < -0.3 is 0 Å². The van der Waals surface area contributed by atoms with Gasteiger partial charge >= 0.3 is 0 Å². The van der Waals surface area contributed by atoms with Gasteiger partial charge in [0.05, 0.1) is 5.02 Å². The first-order valence-electron chi connectivity index (χ1n) is 5.42. The van der Waals surface area contributed by atoms with Gasteiger partial charge in [0.15, 0.2) is 9.93 Å². The third kappa shape index (κ3) is 2.71. The Bertz CT molecular complexity index is 804. The van der Waals surface area contributed by atoms with Gasteiger partial charge in [-0.05, 0) is 18.2 Å². The van der Waals surface area contributed by atoms with Crippen LogP contribution in [0.4, 0.5) is 0 Å². The Labute approximate surface area is 120 Å². The van der Waals surface area contributed by atoms with Crippen molar-refractivity contribution in [3.63, 3.8) is 0 Å². The quantitative estimate of drug-likeness (QED) is 0.807. The van der Waals surface area contributed by atoms with Gasteiger partial charge in [-0.1, -0.05) is 17.7 Å². The van der Waals surface area contributed by atoms with E-state index < -0.39 is 14.7 Å². The second kappa shape index (κ2) is 5.45. The molecule has 0 amide bonds. The maximum Gasteiger partial charge on any atom is 0.233 e. The number of rotatable bonds is 3. The molecule has 0 unspecified atom stereocenters. The molecule has 0 aliphatic rings. The lowest BCUT2D eigenvalue weighted by molar-refractivity contribution is 0.599. The van der Waals surface area contributed by atoms with E-state index in [1.807, 2.05) is 0 Å². The van der Waals surface area contributed by atoms with Crippen LogP contribution in [0.15, 0.2) is 40.5 Å². The standard InChI is InChI=1S/C12H9ClN4O2S/c1-17-8-10(13)11(16-17)6-9(7-14)20(18,19)12-4-2-3-5-15-12/h2-6,8H,1H3. The van der Waals surface area contributed by atoms with Crippen molar-refractivity contribution in [3.05, 3.63) is 46.2 Å². The van der Waals surface area contributed by atoms with E-state index in [4.69, 9.17) is 16.9 Å². The van der Waals surface area contributed by atoms with E-state index in [9.17, 15) is 8.42 Å². The van der Waals surface area contributed by atoms with Crippen LogP contribution in [0.1, 0.15) is 5.69 Å². The fourth-order valence-electron chi connectivity index (χ4n) is 1.49. The number of allylic oxidation sites excluding steroid dienone is 1. The van der Waals surface area contributed by atoms with Gasteiger partial charge in [0.1, 0.15) is 11.8 Å². The van der Waals surface area contributed by atoms with Crippen molar-refractivity contribution in [2.24, 2.45) is 7.05 Å². The van der Waals surface area contributed by atoms with E-state index in [0.29, 0.717) is 0 Å². The molecule has 2 aromatic heterocycles. The van der Waals surface area contributed by atoms with E-state index in [0.717, 1.165) is 6.08 Å². The minimum absolute atomic E-state index is 0.195. The monoisotopic (exact) mass is 308 g/mol. The zero-order valence-corrected chi connectivity index (χ0v) is 11.9. The molecule has 0 saturated heterocycles. The number of aromatic nitrogens is 3. The molecule has 0 aliphatic heterocycles. The Kier molecular flexibility index (Phi) is 3.88. The highest BCUT2D eigenvalue weighted by Gasteiger charge is 2.22. The summed E-state index contributed by atoms with van der Waals surface area (Å²) in [6, 6.07) is 6.09. The van der Waals surface area contributed by atoms with Crippen molar-refractivity contribution in [1.29, 1.82) is 5.26 Å². The van der Waals surface area contributed by atoms with Crippen molar-refractivity contribution in [3.8, 4) is 6.07 Å². The van der Waals surface area contributed by atoms with Gasteiger partial charge in [-0.25, -0.2) is 13.4 Å². The Hall–Kier alpha value is -2.17. The maximum absolute atomic E-state index is 12.3. The highest BCUT2D eigenvalue weighted by atomic mass is 35.5. The number of aryl methyl sites for hydroxylation is 1. The molecule has 0 aliphatic carbocycles. The minimum atomic E-state index is -3.98. The van der Waals surface area contributed by atoms with Crippen LogP contribution in [0.25, 0.3) is 6.08 Å². The molecular formula is C12H9ClN4O2S. The second-order valence-corrected chi connectivity index (χ2v) is 6.10. The van der Waals surface area contributed by atoms with Crippen LogP contribution in [0, 0.1) is 11.3 Å². The lowest BCUT2D eigenvalue weighted by Gasteiger charge is -2.00. The summed E-state index contributed by atoms with van der Waals surface area (Å²) in [4.78, 5) is 3.29. The topological polar surface area (TPSA) is 88.6 Å². The first kappa shape index (κ1) is 14.2. The summed E-state index contributed by atoms with van der Waals surface area (Å²) in [5.41, 5.74) is 0.213. The van der Waals surface area contributed by atoms with Crippen LogP contribution >= 0.6 is 11.6 Å². The summed E-state index contributed by atoms with van der Waals surface area (Å²) in [5.74, 6) is 0. The van der Waals surface area contributed by atoms with Crippen molar-refractivity contribution >= 4 is 27.5 Å². The minimum Gasteiger partial charge on any atom is -0.274 e. The molecular weight excluding hydrogens is 300 g/mol. The molecule has 0 saturated carbocycles. The van der Waals surface area contributed by atoms with Crippen LogP contribution in [-0.4, -0.2) is 23.2 Å². The molecule has 8 heteroatoms. The van der Waals surface area contributed by atoms with E-state index in [1.54, 1.807) is 19.2 Å². The second-order valence-electron chi connectivity index (χ2n) is 3.83. The largest absolute Gasteiger partial charge is 0.274 e. The fourth-order valence-corrected chi connectivity index (χ4v) is 2.79. The summed E-state index contributed by atoms with van der Waals surface area (Å²) < 4.78 is 25.9. The Morgan fingerprint density at radius 1 is 1.50 bits per heavy atom. The fraction of sp³-hybridized carbons (Fsp3) is 0.0833. The molecule has 0 bridgehead atoms. The molecule has 0 aromatic carbocycles. The predicted octanol–water partition coefficient (Wildman–Crippen LogP) is 1.81. The van der Waals surface area contributed by atoms with E-state index in [2.05, 4.69) is 10.1 Å². The highest BCUT2D eigenvalue weighted by molar-refractivity contribution is 7.95. The zero-order chi connectivity index (χ0) is 14.8. The molecule has 20 heavy (non-hydrogen) atoms.